The number of hydrogen-bond donors (Lipinski definition) is 1. The van der Waals surface area contributed by atoms with Crippen molar-refractivity contribution in [3.8, 4) is 11.5 Å². The number of ether oxygens (including phenoxy) is 2. The van der Waals surface area contributed by atoms with Crippen LogP contribution >= 0.6 is 11.6 Å². The molecule has 0 aliphatic carbocycles. The third kappa shape index (κ3) is 5.86. The SMILES string of the molecule is CCOc1cc([N+](=O)[O-])c(C(=O)NCC(c2ccccc2Cl)N(CC)CC)cc1OC. The van der Waals surface area contributed by atoms with Crippen molar-refractivity contribution in [3.63, 3.8) is 0 Å². The Bertz CT molecular complexity index is 918. The largest absolute Gasteiger partial charge is 0.493 e. The maximum absolute atomic E-state index is 13.0. The molecule has 8 nitrogen and oxygen atoms in total. The van der Waals surface area contributed by atoms with Crippen LogP contribution in [0.15, 0.2) is 36.4 Å². The molecule has 1 unspecified atom stereocenters. The van der Waals surface area contributed by atoms with E-state index in [9.17, 15) is 14.9 Å². The number of likely N-dealkylation sites (N-methyl/N-ethyl adjacent to an activating group) is 1. The molecule has 0 aliphatic heterocycles. The van der Waals surface area contributed by atoms with E-state index >= 15 is 0 Å². The zero-order valence-corrected chi connectivity index (χ0v) is 18.9. The summed E-state index contributed by atoms with van der Waals surface area (Å²) in [6, 6.07) is 9.82. The van der Waals surface area contributed by atoms with E-state index in [4.69, 9.17) is 21.1 Å². The van der Waals surface area contributed by atoms with E-state index in [0.29, 0.717) is 11.6 Å². The van der Waals surface area contributed by atoms with Gasteiger partial charge in [-0.05, 0) is 31.6 Å². The van der Waals surface area contributed by atoms with Gasteiger partial charge in [-0.1, -0.05) is 43.6 Å². The van der Waals surface area contributed by atoms with Crippen molar-refractivity contribution in [2.75, 3.05) is 33.4 Å². The third-order valence-corrected chi connectivity index (χ3v) is 5.34. The molecule has 0 saturated carbocycles. The molecule has 0 aromatic heterocycles. The summed E-state index contributed by atoms with van der Waals surface area (Å²) < 4.78 is 10.7. The van der Waals surface area contributed by atoms with Crippen LogP contribution in [0, 0.1) is 10.1 Å². The molecule has 0 saturated heterocycles. The van der Waals surface area contributed by atoms with E-state index in [1.165, 1.54) is 19.2 Å². The van der Waals surface area contributed by atoms with Gasteiger partial charge in [0, 0.05) is 17.6 Å². The van der Waals surface area contributed by atoms with Gasteiger partial charge in [0.2, 0.25) is 0 Å². The van der Waals surface area contributed by atoms with Crippen LogP contribution in [0.4, 0.5) is 5.69 Å². The highest BCUT2D eigenvalue weighted by Gasteiger charge is 2.27. The molecule has 1 amide bonds. The highest BCUT2D eigenvalue weighted by Crippen LogP contribution is 2.35. The van der Waals surface area contributed by atoms with Crippen LogP contribution in [0.5, 0.6) is 11.5 Å². The molecule has 1 N–H and O–H groups in total. The first-order chi connectivity index (χ1) is 14.9. The fraction of sp³-hybridized carbons (Fsp3) is 0.409. The second kappa shape index (κ2) is 11.5. The van der Waals surface area contributed by atoms with Crippen molar-refractivity contribution in [3.05, 3.63) is 62.7 Å². The van der Waals surface area contributed by atoms with Crippen molar-refractivity contribution in [1.82, 2.24) is 10.2 Å². The second-order valence-corrected chi connectivity index (χ2v) is 7.09. The Morgan fingerprint density at radius 1 is 1.19 bits per heavy atom. The van der Waals surface area contributed by atoms with Crippen molar-refractivity contribution >= 4 is 23.2 Å². The number of hydrogen-bond acceptors (Lipinski definition) is 6. The average Bonchev–Trinajstić information content (AvgIpc) is 2.76. The summed E-state index contributed by atoms with van der Waals surface area (Å²) in [7, 11) is 1.42. The number of methoxy groups -OCH3 is 1. The first-order valence-electron chi connectivity index (χ1n) is 10.1. The quantitative estimate of drug-likeness (QED) is 0.402. The Labute approximate surface area is 187 Å². The average molecular weight is 450 g/mol. The predicted molar refractivity (Wildman–Crippen MR) is 120 cm³/mol. The highest BCUT2D eigenvalue weighted by molar-refractivity contribution is 6.31. The summed E-state index contributed by atoms with van der Waals surface area (Å²) in [4.78, 5) is 26.1. The normalized spacial score (nSPS) is 11.8. The van der Waals surface area contributed by atoms with Gasteiger partial charge in [0.1, 0.15) is 5.56 Å². The first kappa shape index (κ1) is 24.4. The van der Waals surface area contributed by atoms with E-state index in [0.717, 1.165) is 18.7 Å². The van der Waals surface area contributed by atoms with Crippen LogP contribution in [0.25, 0.3) is 0 Å². The maximum atomic E-state index is 13.0. The molecular formula is C22H28ClN3O5. The predicted octanol–water partition coefficient (Wildman–Crippen LogP) is 4.47. The Morgan fingerprint density at radius 2 is 1.87 bits per heavy atom. The Balaban J connectivity index is 2.36. The van der Waals surface area contributed by atoms with Gasteiger partial charge in [-0.3, -0.25) is 19.8 Å². The summed E-state index contributed by atoms with van der Waals surface area (Å²) in [5.41, 5.74) is 0.439. The van der Waals surface area contributed by atoms with E-state index in [1.807, 2.05) is 32.0 Å². The van der Waals surface area contributed by atoms with Gasteiger partial charge < -0.3 is 14.8 Å². The minimum atomic E-state index is -0.604. The standard InChI is InChI=1S/C22H28ClN3O5/c1-5-25(6-2)19(15-10-8-9-11-17(15)23)14-24-22(27)16-12-20(30-4)21(31-7-3)13-18(16)26(28)29/h8-13,19H,5-7,14H2,1-4H3,(H,24,27). The van der Waals surface area contributed by atoms with E-state index in [2.05, 4.69) is 10.2 Å². The molecule has 1 atom stereocenters. The zero-order valence-electron chi connectivity index (χ0n) is 18.2. The molecule has 0 bridgehead atoms. The number of carbonyl (C=O) groups excluding carboxylic acids is 1. The Kier molecular flexibility index (Phi) is 9.08. The fourth-order valence-corrected chi connectivity index (χ4v) is 3.70. The van der Waals surface area contributed by atoms with Gasteiger partial charge in [-0.2, -0.15) is 0 Å². The smallest absolute Gasteiger partial charge is 0.286 e. The van der Waals surface area contributed by atoms with Gasteiger partial charge in [0.25, 0.3) is 11.6 Å². The molecule has 9 heteroatoms. The number of halogens is 1. The lowest BCUT2D eigenvalue weighted by atomic mass is 10.0. The van der Waals surface area contributed by atoms with Crippen molar-refractivity contribution in [1.29, 1.82) is 0 Å². The molecule has 0 spiro atoms. The third-order valence-electron chi connectivity index (χ3n) is 5.00. The molecular weight excluding hydrogens is 422 g/mol. The molecule has 168 valence electrons. The number of nitrogens with zero attached hydrogens (tertiary/aromatic N) is 2. The minimum Gasteiger partial charge on any atom is -0.493 e. The van der Waals surface area contributed by atoms with Crippen molar-refractivity contribution in [2.24, 2.45) is 0 Å². The molecule has 31 heavy (non-hydrogen) atoms. The summed E-state index contributed by atoms with van der Waals surface area (Å²) in [6.07, 6.45) is 0. The lowest BCUT2D eigenvalue weighted by molar-refractivity contribution is -0.385. The Hall–Kier alpha value is -2.84. The summed E-state index contributed by atoms with van der Waals surface area (Å²) in [5, 5.41) is 15.0. The Morgan fingerprint density at radius 3 is 2.42 bits per heavy atom. The number of rotatable bonds is 11. The number of nitro groups is 1. The van der Waals surface area contributed by atoms with Gasteiger partial charge in [-0.15, -0.1) is 0 Å². The number of nitrogens with one attached hydrogen (secondary N) is 1. The molecule has 0 heterocycles. The highest BCUT2D eigenvalue weighted by atomic mass is 35.5. The van der Waals surface area contributed by atoms with Crippen LogP contribution in [-0.4, -0.2) is 49.1 Å². The van der Waals surface area contributed by atoms with Gasteiger partial charge >= 0.3 is 0 Å². The molecule has 0 aliphatic rings. The van der Waals surface area contributed by atoms with Gasteiger partial charge in [0.05, 0.1) is 30.7 Å². The number of benzene rings is 2. The summed E-state index contributed by atoms with van der Waals surface area (Å²) in [6.45, 7) is 7.85. The van der Waals surface area contributed by atoms with E-state index < -0.39 is 10.8 Å². The van der Waals surface area contributed by atoms with Crippen LogP contribution in [0.1, 0.15) is 42.7 Å². The van der Waals surface area contributed by atoms with Crippen LogP contribution in [0.2, 0.25) is 5.02 Å². The summed E-state index contributed by atoms with van der Waals surface area (Å²) >= 11 is 6.40. The van der Waals surface area contributed by atoms with Crippen molar-refractivity contribution in [2.45, 2.75) is 26.8 Å². The maximum Gasteiger partial charge on any atom is 0.286 e. The minimum absolute atomic E-state index is 0.0947. The van der Waals surface area contributed by atoms with Crippen LogP contribution in [0.3, 0.4) is 0 Å². The van der Waals surface area contributed by atoms with Crippen molar-refractivity contribution < 1.29 is 19.2 Å². The van der Waals surface area contributed by atoms with E-state index in [1.54, 1.807) is 13.0 Å². The second-order valence-electron chi connectivity index (χ2n) is 6.68. The molecule has 0 fully saturated rings. The zero-order chi connectivity index (χ0) is 23.0. The van der Waals surface area contributed by atoms with Gasteiger partial charge in [-0.25, -0.2) is 0 Å². The topological polar surface area (TPSA) is 93.9 Å². The fourth-order valence-electron chi connectivity index (χ4n) is 3.44. The monoisotopic (exact) mass is 449 g/mol. The number of carbonyl (C=O) groups is 1. The molecule has 2 aromatic carbocycles. The first-order valence-corrected chi connectivity index (χ1v) is 10.5. The number of nitro benzene ring substituents is 1. The van der Waals surface area contributed by atoms with Gasteiger partial charge in [0.15, 0.2) is 11.5 Å². The molecule has 0 radical (unpaired) electrons. The van der Waals surface area contributed by atoms with Crippen LogP contribution in [-0.2, 0) is 0 Å². The van der Waals surface area contributed by atoms with Crippen LogP contribution < -0.4 is 14.8 Å². The number of amides is 1. The van der Waals surface area contributed by atoms with E-state index in [-0.39, 0.29) is 35.3 Å². The molecule has 2 rings (SSSR count). The molecule has 2 aromatic rings. The summed E-state index contributed by atoms with van der Waals surface area (Å²) in [5.74, 6) is -0.105. The lowest BCUT2D eigenvalue weighted by Gasteiger charge is -2.31. The lowest BCUT2D eigenvalue weighted by Crippen LogP contribution is -2.38.